The Balaban J connectivity index is 1.54. The summed E-state index contributed by atoms with van der Waals surface area (Å²) in [5.74, 6) is 0.962. The van der Waals surface area contributed by atoms with Crippen LogP contribution >= 0.6 is 0 Å². The van der Waals surface area contributed by atoms with Crippen LogP contribution in [-0.2, 0) is 11.3 Å². The summed E-state index contributed by atoms with van der Waals surface area (Å²) < 4.78 is 19.6. The predicted molar refractivity (Wildman–Crippen MR) is 90.1 cm³/mol. The minimum absolute atomic E-state index is 0.208. The van der Waals surface area contributed by atoms with Crippen molar-refractivity contribution in [3.63, 3.8) is 0 Å². The summed E-state index contributed by atoms with van der Waals surface area (Å²) >= 11 is 0. The molecule has 1 aromatic carbocycles. The number of ether oxygens (including phenoxy) is 1. The molecule has 0 atom stereocenters. The molecule has 0 bridgehead atoms. The van der Waals surface area contributed by atoms with Gasteiger partial charge in [0.05, 0.1) is 25.4 Å². The molecule has 2 fully saturated rings. The molecular formula is C17H25FN4O. The van der Waals surface area contributed by atoms with Crippen LogP contribution in [0.25, 0.3) is 0 Å². The fourth-order valence-electron chi connectivity index (χ4n) is 2.89. The third-order valence-corrected chi connectivity index (χ3v) is 4.59. The molecule has 0 radical (unpaired) electrons. The lowest BCUT2D eigenvalue weighted by Gasteiger charge is -2.29. The highest BCUT2D eigenvalue weighted by atomic mass is 19.1. The third kappa shape index (κ3) is 4.34. The topological polar surface area (TPSA) is 62.9 Å². The van der Waals surface area contributed by atoms with Crippen molar-refractivity contribution >= 4 is 11.6 Å². The molecule has 5 nitrogen and oxygen atoms in total. The Bertz CT molecular complexity index is 554. The van der Waals surface area contributed by atoms with E-state index in [1.54, 1.807) is 6.07 Å². The van der Waals surface area contributed by atoms with Gasteiger partial charge in [0.25, 0.3) is 0 Å². The van der Waals surface area contributed by atoms with E-state index in [0.717, 1.165) is 31.1 Å². The maximum Gasteiger partial charge on any atom is 0.188 e. The number of halogens is 1. The zero-order valence-electron chi connectivity index (χ0n) is 13.4. The number of hydrogen-bond acceptors (Lipinski definition) is 3. The van der Waals surface area contributed by atoms with E-state index >= 15 is 0 Å². The quantitative estimate of drug-likeness (QED) is 0.642. The van der Waals surface area contributed by atoms with Crippen molar-refractivity contribution in [1.29, 1.82) is 0 Å². The van der Waals surface area contributed by atoms with E-state index in [2.05, 4.69) is 10.3 Å². The average molecular weight is 320 g/mol. The van der Waals surface area contributed by atoms with Gasteiger partial charge in [0.2, 0.25) is 0 Å². The van der Waals surface area contributed by atoms with Crippen LogP contribution in [0.15, 0.2) is 23.2 Å². The van der Waals surface area contributed by atoms with Gasteiger partial charge < -0.3 is 20.7 Å². The standard InChI is InChI=1S/C17H25FN4O/c18-15-10-14(4-5-16(15)22-6-8-23-9-7-22)12-21-17(19)20-11-13-2-1-3-13/h4-5,10,13H,1-3,6-9,11-12H2,(H3,19,20,21). The van der Waals surface area contributed by atoms with Gasteiger partial charge in [-0.2, -0.15) is 0 Å². The van der Waals surface area contributed by atoms with Gasteiger partial charge in [0.15, 0.2) is 5.96 Å². The summed E-state index contributed by atoms with van der Waals surface area (Å²) in [6.07, 6.45) is 3.86. The molecule has 0 amide bonds. The number of nitrogens with two attached hydrogens (primary N) is 1. The molecular weight excluding hydrogens is 295 g/mol. The molecule has 0 aromatic heterocycles. The largest absolute Gasteiger partial charge is 0.378 e. The predicted octanol–water partition coefficient (Wildman–Crippen LogP) is 1.87. The van der Waals surface area contributed by atoms with Gasteiger partial charge in [-0.3, -0.25) is 0 Å². The minimum Gasteiger partial charge on any atom is -0.378 e. The number of benzene rings is 1. The second-order valence-electron chi connectivity index (χ2n) is 6.26. The molecule has 6 heteroatoms. The summed E-state index contributed by atoms with van der Waals surface area (Å²) in [6, 6.07) is 5.29. The minimum atomic E-state index is -0.208. The van der Waals surface area contributed by atoms with Crippen LogP contribution in [-0.4, -0.2) is 38.8 Å². The first kappa shape index (κ1) is 16.1. The number of hydrogen-bond donors (Lipinski definition) is 2. The van der Waals surface area contributed by atoms with E-state index in [1.165, 1.54) is 19.3 Å². The lowest BCUT2D eigenvalue weighted by molar-refractivity contribution is 0.122. The van der Waals surface area contributed by atoms with Crippen LogP contribution in [0.3, 0.4) is 0 Å². The highest BCUT2D eigenvalue weighted by molar-refractivity contribution is 5.77. The lowest BCUT2D eigenvalue weighted by atomic mass is 9.85. The van der Waals surface area contributed by atoms with Crippen molar-refractivity contribution in [2.24, 2.45) is 16.6 Å². The lowest BCUT2D eigenvalue weighted by Crippen LogP contribution is -2.37. The SMILES string of the molecule is NC(=NCc1ccc(N2CCOCC2)c(F)c1)NCC1CCC1. The Hall–Kier alpha value is -1.82. The molecule has 3 rings (SSSR count). The molecule has 0 unspecified atom stereocenters. The highest BCUT2D eigenvalue weighted by Crippen LogP contribution is 2.25. The van der Waals surface area contributed by atoms with E-state index in [0.29, 0.717) is 31.4 Å². The zero-order valence-corrected chi connectivity index (χ0v) is 13.4. The van der Waals surface area contributed by atoms with Gasteiger partial charge in [-0.15, -0.1) is 0 Å². The fourth-order valence-corrected chi connectivity index (χ4v) is 2.89. The van der Waals surface area contributed by atoms with Gasteiger partial charge in [0, 0.05) is 19.6 Å². The number of aliphatic imine (C=N–C) groups is 1. The van der Waals surface area contributed by atoms with Crippen molar-refractivity contribution in [2.45, 2.75) is 25.8 Å². The van der Waals surface area contributed by atoms with Crippen molar-refractivity contribution in [3.8, 4) is 0 Å². The van der Waals surface area contributed by atoms with Crippen molar-refractivity contribution in [2.75, 3.05) is 37.7 Å². The second kappa shape index (κ2) is 7.64. The summed E-state index contributed by atoms with van der Waals surface area (Å²) in [5, 5.41) is 3.14. The number of guanidine groups is 1. The highest BCUT2D eigenvalue weighted by Gasteiger charge is 2.17. The molecule has 0 spiro atoms. The molecule has 1 saturated heterocycles. The van der Waals surface area contributed by atoms with Crippen LogP contribution in [0.2, 0.25) is 0 Å². The Kier molecular flexibility index (Phi) is 5.33. The maximum atomic E-state index is 14.3. The van der Waals surface area contributed by atoms with Gasteiger partial charge in [0.1, 0.15) is 5.82 Å². The number of nitrogens with one attached hydrogen (secondary N) is 1. The van der Waals surface area contributed by atoms with Crippen LogP contribution in [0, 0.1) is 11.7 Å². The molecule has 3 N–H and O–H groups in total. The van der Waals surface area contributed by atoms with Gasteiger partial charge in [-0.05, 0) is 36.5 Å². The molecule has 1 saturated carbocycles. The van der Waals surface area contributed by atoms with Crippen LogP contribution in [0.5, 0.6) is 0 Å². The second-order valence-corrected chi connectivity index (χ2v) is 6.26. The van der Waals surface area contributed by atoms with Crippen molar-refractivity contribution < 1.29 is 9.13 Å². The molecule has 1 aliphatic heterocycles. The molecule has 1 aliphatic carbocycles. The first-order valence-electron chi connectivity index (χ1n) is 8.37. The van der Waals surface area contributed by atoms with E-state index in [9.17, 15) is 4.39 Å². The third-order valence-electron chi connectivity index (χ3n) is 4.59. The van der Waals surface area contributed by atoms with Crippen LogP contribution in [0.4, 0.5) is 10.1 Å². The molecule has 1 heterocycles. The molecule has 2 aliphatic rings. The average Bonchev–Trinajstić information content (AvgIpc) is 2.52. The Morgan fingerprint density at radius 3 is 2.78 bits per heavy atom. The Morgan fingerprint density at radius 2 is 2.13 bits per heavy atom. The van der Waals surface area contributed by atoms with E-state index in [1.807, 2.05) is 17.0 Å². The zero-order chi connectivity index (χ0) is 16.1. The smallest absolute Gasteiger partial charge is 0.188 e. The van der Waals surface area contributed by atoms with Gasteiger partial charge in [-0.1, -0.05) is 12.5 Å². The van der Waals surface area contributed by atoms with Crippen LogP contribution < -0.4 is 16.0 Å². The number of morpholine rings is 1. The van der Waals surface area contributed by atoms with Crippen LogP contribution in [0.1, 0.15) is 24.8 Å². The monoisotopic (exact) mass is 320 g/mol. The first-order chi connectivity index (χ1) is 11.2. The van der Waals surface area contributed by atoms with Gasteiger partial charge in [-0.25, -0.2) is 9.38 Å². The van der Waals surface area contributed by atoms with Gasteiger partial charge >= 0.3 is 0 Å². The fraction of sp³-hybridized carbons (Fsp3) is 0.588. The number of nitrogens with zero attached hydrogens (tertiary/aromatic N) is 2. The molecule has 23 heavy (non-hydrogen) atoms. The Labute approximate surface area is 136 Å². The normalized spacial score (nSPS) is 19.5. The van der Waals surface area contributed by atoms with Crippen molar-refractivity contribution in [1.82, 2.24) is 5.32 Å². The van der Waals surface area contributed by atoms with E-state index < -0.39 is 0 Å². The van der Waals surface area contributed by atoms with E-state index in [4.69, 9.17) is 10.5 Å². The maximum absolute atomic E-state index is 14.3. The van der Waals surface area contributed by atoms with Crippen molar-refractivity contribution in [3.05, 3.63) is 29.6 Å². The summed E-state index contributed by atoms with van der Waals surface area (Å²) in [7, 11) is 0. The molecule has 1 aromatic rings. The molecule has 126 valence electrons. The van der Waals surface area contributed by atoms with E-state index in [-0.39, 0.29) is 5.82 Å². The summed E-state index contributed by atoms with van der Waals surface area (Å²) in [5.41, 5.74) is 7.32. The number of anilines is 1. The number of rotatable bonds is 5. The summed E-state index contributed by atoms with van der Waals surface area (Å²) in [6.45, 7) is 4.03. The Morgan fingerprint density at radius 1 is 1.35 bits per heavy atom. The summed E-state index contributed by atoms with van der Waals surface area (Å²) in [4.78, 5) is 6.31. The first-order valence-corrected chi connectivity index (χ1v) is 8.37.